The molecule has 1 saturated heterocycles. The third kappa shape index (κ3) is 1.56. The highest BCUT2D eigenvalue weighted by Gasteiger charge is 2.50. The highest BCUT2D eigenvalue weighted by Crippen LogP contribution is 2.45. The molecule has 0 spiro atoms. The van der Waals surface area contributed by atoms with Crippen LogP contribution in [0.2, 0.25) is 0 Å². The minimum atomic E-state index is -0.387. The van der Waals surface area contributed by atoms with Gasteiger partial charge in [0.15, 0.2) is 0 Å². The van der Waals surface area contributed by atoms with Crippen molar-refractivity contribution in [3.05, 3.63) is 30.0 Å². The first-order valence-electron chi connectivity index (χ1n) is 6.19. The van der Waals surface area contributed by atoms with Crippen LogP contribution in [0, 0.1) is 0 Å². The maximum atomic E-state index is 6.02. The molecule has 0 radical (unpaired) electrons. The molecule has 4 heteroatoms. The predicted molar refractivity (Wildman–Crippen MR) is 69.2 cm³/mol. The zero-order valence-corrected chi connectivity index (χ0v) is 11.2. The number of hydrogen-bond acceptors (Lipinski definition) is 3. The quantitative estimate of drug-likeness (QED) is 0.840. The SMILES string of the molecule is CC1(C)OC(c2[nH]nc3ccccc23)OC1(C)C. The first-order chi connectivity index (χ1) is 8.41. The summed E-state index contributed by atoms with van der Waals surface area (Å²) in [5, 5.41) is 8.36. The standard InChI is InChI=1S/C14H18N2O2/c1-13(2)14(3,4)18-12(17-13)11-9-7-5-6-8-10(9)15-16-11/h5-8,12H,1-4H3,(H,15,16). The van der Waals surface area contributed by atoms with E-state index in [2.05, 4.69) is 10.2 Å². The van der Waals surface area contributed by atoms with Crippen molar-refractivity contribution in [1.82, 2.24) is 10.2 Å². The van der Waals surface area contributed by atoms with Gasteiger partial charge in [0.25, 0.3) is 0 Å². The lowest BCUT2D eigenvalue weighted by molar-refractivity contribution is -0.0913. The minimum absolute atomic E-state index is 0.329. The second-order valence-corrected chi connectivity index (χ2v) is 5.74. The van der Waals surface area contributed by atoms with Crippen LogP contribution in [0.1, 0.15) is 39.7 Å². The van der Waals surface area contributed by atoms with Gasteiger partial charge in [-0.2, -0.15) is 5.10 Å². The summed E-state index contributed by atoms with van der Waals surface area (Å²) in [5.41, 5.74) is 1.17. The Labute approximate surface area is 106 Å². The fourth-order valence-electron chi connectivity index (χ4n) is 2.12. The molecule has 18 heavy (non-hydrogen) atoms. The predicted octanol–water partition coefficient (Wildman–Crippen LogP) is 3.17. The van der Waals surface area contributed by atoms with Gasteiger partial charge in [-0.3, -0.25) is 5.10 Å². The van der Waals surface area contributed by atoms with Gasteiger partial charge in [0.1, 0.15) is 0 Å². The normalized spacial score (nSPS) is 22.7. The van der Waals surface area contributed by atoms with Gasteiger partial charge >= 0.3 is 0 Å². The van der Waals surface area contributed by atoms with Crippen LogP contribution in [0.15, 0.2) is 24.3 Å². The second kappa shape index (κ2) is 3.56. The van der Waals surface area contributed by atoms with Gasteiger partial charge < -0.3 is 9.47 Å². The molecular weight excluding hydrogens is 228 g/mol. The number of fused-ring (bicyclic) bond motifs is 1. The van der Waals surface area contributed by atoms with E-state index in [-0.39, 0.29) is 17.5 Å². The van der Waals surface area contributed by atoms with Crippen LogP contribution < -0.4 is 0 Å². The Morgan fingerprint density at radius 1 is 1.06 bits per heavy atom. The molecule has 1 aromatic carbocycles. The Morgan fingerprint density at radius 3 is 2.33 bits per heavy atom. The van der Waals surface area contributed by atoms with Gasteiger partial charge in [-0.05, 0) is 33.8 Å². The molecule has 0 unspecified atom stereocenters. The molecule has 1 aromatic heterocycles. The van der Waals surface area contributed by atoms with Gasteiger partial charge in [-0.25, -0.2) is 0 Å². The summed E-state index contributed by atoms with van der Waals surface area (Å²) in [6.07, 6.45) is -0.387. The molecule has 1 fully saturated rings. The number of nitrogens with one attached hydrogen (secondary N) is 1. The zero-order chi connectivity index (χ0) is 13.0. The number of hydrogen-bond donors (Lipinski definition) is 1. The number of aromatic nitrogens is 2. The Kier molecular flexibility index (Phi) is 2.31. The van der Waals surface area contributed by atoms with Crippen molar-refractivity contribution in [3.8, 4) is 0 Å². The molecule has 0 aliphatic carbocycles. The lowest BCUT2D eigenvalue weighted by Gasteiger charge is -2.30. The van der Waals surface area contributed by atoms with Crippen molar-refractivity contribution in [2.45, 2.75) is 45.2 Å². The molecule has 2 aromatic rings. The maximum Gasteiger partial charge on any atom is 0.202 e. The Hall–Kier alpha value is -1.39. The first-order valence-corrected chi connectivity index (χ1v) is 6.19. The Bertz CT molecular complexity index is 570. The van der Waals surface area contributed by atoms with E-state index in [0.717, 1.165) is 16.6 Å². The summed E-state index contributed by atoms with van der Waals surface area (Å²) in [4.78, 5) is 0. The molecule has 0 atom stereocenters. The van der Waals surface area contributed by atoms with Crippen LogP contribution in [0.5, 0.6) is 0 Å². The van der Waals surface area contributed by atoms with E-state index < -0.39 is 0 Å². The smallest absolute Gasteiger partial charge is 0.202 e. The van der Waals surface area contributed by atoms with Crippen LogP contribution in [-0.2, 0) is 9.47 Å². The number of rotatable bonds is 1. The number of aromatic amines is 1. The molecule has 3 rings (SSSR count). The summed E-state index contributed by atoms with van der Waals surface area (Å²) in [5.74, 6) is 0. The number of benzene rings is 1. The zero-order valence-electron chi connectivity index (χ0n) is 11.2. The van der Waals surface area contributed by atoms with Crippen molar-refractivity contribution < 1.29 is 9.47 Å². The second-order valence-electron chi connectivity index (χ2n) is 5.74. The van der Waals surface area contributed by atoms with Crippen LogP contribution in [0.25, 0.3) is 10.9 Å². The molecule has 1 aliphatic heterocycles. The van der Waals surface area contributed by atoms with Crippen LogP contribution in [0.4, 0.5) is 0 Å². The van der Waals surface area contributed by atoms with Crippen LogP contribution in [-0.4, -0.2) is 21.4 Å². The van der Waals surface area contributed by atoms with Gasteiger partial charge in [0.2, 0.25) is 6.29 Å². The molecule has 0 amide bonds. The number of para-hydroxylation sites is 1. The molecule has 1 aliphatic rings. The lowest BCUT2D eigenvalue weighted by Crippen LogP contribution is -2.41. The van der Waals surface area contributed by atoms with Gasteiger partial charge in [0.05, 0.1) is 22.4 Å². The van der Waals surface area contributed by atoms with Crippen molar-refractivity contribution in [2.75, 3.05) is 0 Å². The number of H-pyrrole nitrogens is 1. The number of nitrogens with zero attached hydrogens (tertiary/aromatic N) is 1. The minimum Gasteiger partial charge on any atom is -0.338 e. The van der Waals surface area contributed by atoms with E-state index in [1.54, 1.807) is 0 Å². The first kappa shape index (κ1) is 11.7. The van der Waals surface area contributed by atoms with Crippen molar-refractivity contribution >= 4 is 10.9 Å². The molecule has 2 heterocycles. The lowest BCUT2D eigenvalue weighted by atomic mass is 9.90. The van der Waals surface area contributed by atoms with Crippen molar-refractivity contribution in [3.63, 3.8) is 0 Å². The molecule has 96 valence electrons. The van der Waals surface area contributed by atoms with Gasteiger partial charge in [0, 0.05) is 5.39 Å². The molecule has 1 N–H and O–H groups in total. The van der Waals surface area contributed by atoms with E-state index >= 15 is 0 Å². The van der Waals surface area contributed by atoms with Gasteiger partial charge in [-0.1, -0.05) is 18.2 Å². The monoisotopic (exact) mass is 246 g/mol. The summed E-state index contributed by atoms with van der Waals surface area (Å²) < 4.78 is 12.0. The van der Waals surface area contributed by atoms with E-state index in [0.29, 0.717) is 0 Å². The van der Waals surface area contributed by atoms with E-state index in [9.17, 15) is 0 Å². The van der Waals surface area contributed by atoms with E-state index in [1.807, 2.05) is 52.0 Å². The third-order valence-electron chi connectivity index (χ3n) is 3.98. The third-order valence-corrected chi connectivity index (χ3v) is 3.98. The fraction of sp³-hybridized carbons (Fsp3) is 0.500. The largest absolute Gasteiger partial charge is 0.338 e. The van der Waals surface area contributed by atoms with Crippen LogP contribution in [0.3, 0.4) is 0 Å². The number of ether oxygens (including phenoxy) is 2. The topological polar surface area (TPSA) is 47.1 Å². The molecular formula is C14H18N2O2. The Balaban J connectivity index is 2.03. The summed E-state index contributed by atoms with van der Waals surface area (Å²) >= 11 is 0. The summed E-state index contributed by atoms with van der Waals surface area (Å²) in [6, 6.07) is 7.96. The molecule has 0 saturated carbocycles. The fourth-order valence-corrected chi connectivity index (χ4v) is 2.12. The Morgan fingerprint density at radius 2 is 1.67 bits per heavy atom. The average Bonchev–Trinajstić information content (AvgIpc) is 2.78. The molecule has 0 bridgehead atoms. The van der Waals surface area contributed by atoms with Crippen molar-refractivity contribution in [2.24, 2.45) is 0 Å². The molecule has 4 nitrogen and oxygen atoms in total. The highest BCUT2D eigenvalue weighted by atomic mass is 16.7. The van der Waals surface area contributed by atoms with E-state index in [4.69, 9.17) is 9.47 Å². The summed E-state index contributed by atoms with van der Waals surface area (Å²) in [7, 11) is 0. The van der Waals surface area contributed by atoms with Crippen molar-refractivity contribution in [1.29, 1.82) is 0 Å². The average molecular weight is 246 g/mol. The summed E-state index contributed by atoms with van der Waals surface area (Å²) in [6.45, 7) is 8.19. The maximum absolute atomic E-state index is 6.02. The van der Waals surface area contributed by atoms with Gasteiger partial charge in [-0.15, -0.1) is 0 Å². The highest BCUT2D eigenvalue weighted by molar-refractivity contribution is 5.81. The van der Waals surface area contributed by atoms with Crippen LogP contribution >= 0.6 is 0 Å². The van der Waals surface area contributed by atoms with E-state index in [1.165, 1.54) is 0 Å².